The van der Waals surface area contributed by atoms with Crippen LogP contribution < -0.4 is 10.2 Å². The van der Waals surface area contributed by atoms with Crippen LogP contribution in [0.5, 0.6) is 5.75 Å². The first-order chi connectivity index (χ1) is 6.49. The van der Waals surface area contributed by atoms with Gasteiger partial charge in [0.05, 0.1) is 12.9 Å². The molecule has 0 saturated carbocycles. The topological polar surface area (TPSA) is 9.23 Å². The maximum absolute atomic E-state index is 12.5. The first kappa shape index (κ1) is 11.0. The van der Waals surface area contributed by atoms with E-state index in [1.165, 1.54) is 13.2 Å². The third-order valence-electron chi connectivity index (χ3n) is 2.06. The third kappa shape index (κ3) is 2.22. The van der Waals surface area contributed by atoms with Crippen molar-refractivity contribution in [1.82, 2.24) is 0 Å². The summed E-state index contributed by atoms with van der Waals surface area (Å²) in [7, 11) is 1.24. The second-order valence-corrected chi connectivity index (χ2v) is 3.00. The van der Waals surface area contributed by atoms with E-state index < -0.39 is 12.4 Å². The summed E-state index contributed by atoms with van der Waals surface area (Å²) in [4.78, 5) is 0. The molecule has 0 N–H and O–H groups in total. The van der Waals surface area contributed by atoms with Crippen LogP contribution in [0, 0.1) is 0 Å². The van der Waals surface area contributed by atoms with Crippen molar-refractivity contribution in [2.24, 2.45) is 0 Å². The van der Waals surface area contributed by atoms with E-state index in [2.05, 4.69) is 4.74 Å². The summed E-state index contributed by atoms with van der Waals surface area (Å²) in [6, 6.07) is 4.16. The number of benzene rings is 1. The van der Waals surface area contributed by atoms with E-state index in [-0.39, 0.29) is 5.75 Å². The van der Waals surface area contributed by atoms with Gasteiger partial charge in [-0.05, 0) is 12.5 Å². The van der Waals surface area contributed by atoms with Crippen LogP contribution in [-0.2, 0) is 6.42 Å². The molecule has 0 amide bonds. The quantitative estimate of drug-likeness (QED) is 0.685. The molecule has 14 heavy (non-hydrogen) atoms. The van der Waals surface area contributed by atoms with E-state index in [1.807, 2.05) is 6.92 Å². The van der Waals surface area contributed by atoms with Crippen LogP contribution in [0.15, 0.2) is 18.2 Å². The lowest BCUT2D eigenvalue weighted by Gasteiger charge is -2.19. The number of ether oxygens (including phenoxy) is 1. The first-order valence-corrected chi connectivity index (χ1v) is 4.35. The molecule has 0 aromatic heterocycles. The van der Waals surface area contributed by atoms with Crippen molar-refractivity contribution < 1.29 is 17.7 Å². The van der Waals surface area contributed by atoms with E-state index in [0.717, 1.165) is 6.07 Å². The molecule has 0 unspecified atom stereocenters. The molecule has 0 heterocycles. The largest absolute Gasteiger partial charge is 0.513 e. The second-order valence-electron chi connectivity index (χ2n) is 3.00. The van der Waals surface area contributed by atoms with Gasteiger partial charge < -0.3 is 17.7 Å². The van der Waals surface area contributed by atoms with Gasteiger partial charge in [0, 0.05) is 0 Å². The number of rotatable bonds is 3. The molecule has 0 saturated heterocycles. The Morgan fingerprint density at radius 2 is 1.93 bits per heavy atom. The Kier molecular flexibility index (Phi) is 3.08. The van der Waals surface area contributed by atoms with Crippen LogP contribution in [0.4, 0.5) is 12.9 Å². The summed E-state index contributed by atoms with van der Waals surface area (Å²) in [6.07, 6.45) is 0.586. The minimum absolute atomic E-state index is 0.102. The van der Waals surface area contributed by atoms with E-state index in [9.17, 15) is 12.9 Å². The fourth-order valence-electron chi connectivity index (χ4n) is 1.26. The molecule has 5 heteroatoms. The molecular formula is C9H11BF3O-. The summed E-state index contributed by atoms with van der Waals surface area (Å²) in [5.41, 5.74) is 0.0202. The van der Waals surface area contributed by atoms with Crippen molar-refractivity contribution >= 4 is 12.4 Å². The van der Waals surface area contributed by atoms with Gasteiger partial charge in [-0.15, -0.1) is 0 Å². The van der Waals surface area contributed by atoms with Crippen molar-refractivity contribution in [3.63, 3.8) is 0 Å². The number of halogens is 3. The molecule has 1 aromatic rings. The van der Waals surface area contributed by atoms with Crippen LogP contribution in [0.1, 0.15) is 12.5 Å². The van der Waals surface area contributed by atoms with Gasteiger partial charge in [-0.1, -0.05) is 30.1 Å². The predicted molar refractivity (Wildman–Crippen MR) is 51.1 cm³/mol. The van der Waals surface area contributed by atoms with Crippen molar-refractivity contribution in [3.05, 3.63) is 23.8 Å². The van der Waals surface area contributed by atoms with E-state index in [4.69, 9.17) is 0 Å². The Morgan fingerprint density at radius 3 is 2.36 bits per heavy atom. The summed E-state index contributed by atoms with van der Waals surface area (Å²) in [6.45, 7) is -3.18. The molecule has 0 spiro atoms. The minimum atomic E-state index is -4.99. The van der Waals surface area contributed by atoms with Gasteiger partial charge in [0.1, 0.15) is 0 Å². The maximum atomic E-state index is 12.5. The molecule has 0 atom stereocenters. The lowest BCUT2D eigenvalue weighted by molar-refractivity contribution is 0.412. The number of aryl methyl sites for hydroxylation is 1. The average Bonchev–Trinajstić information content (AvgIpc) is 2.15. The monoisotopic (exact) mass is 203 g/mol. The van der Waals surface area contributed by atoms with E-state index in [1.54, 1.807) is 6.07 Å². The zero-order valence-electron chi connectivity index (χ0n) is 8.06. The lowest BCUT2D eigenvalue weighted by atomic mass is 9.78. The van der Waals surface area contributed by atoms with Crippen molar-refractivity contribution in [2.75, 3.05) is 7.11 Å². The highest BCUT2D eigenvalue weighted by Gasteiger charge is 2.29. The molecule has 0 aliphatic rings. The molecule has 0 radical (unpaired) electrons. The predicted octanol–water partition coefficient (Wildman–Crippen LogP) is 2.31. The zero-order chi connectivity index (χ0) is 10.8. The molecule has 0 bridgehead atoms. The van der Waals surface area contributed by atoms with Crippen LogP contribution in [0.2, 0.25) is 0 Å². The highest BCUT2D eigenvalue weighted by atomic mass is 19.4. The van der Waals surface area contributed by atoms with Crippen LogP contribution in [0.25, 0.3) is 0 Å². The van der Waals surface area contributed by atoms with Gasteiger partial charge in [0.25, 0.3) is 0 Å². The Labute approximate surface area is 80.9 Å². The summed E-state index contributed by atoms with van der Waals surface area (Å²) >= 11 is 0. The maximum Gasteiger partial charge on any atom is 0.513 e. The molecule has 1 aromatic carbocycles. The Morgan fingerprint density at radius 1 is 1.29 bits per heavy atom. The van der Waals surface area contributed by atoms with Gasteiger partial charge in [-0.25, -0.2) is 0 Å². The Bertz CT molecular complexity index is 322. The molecule has 0 fully saturated rings. The van der Waals surface area contributed by atoms with Gasteiger partial charge in [0.2, 0.25) is 0 Å². The zero-order valence-corrected chi connectivity index (χ0v) is 8.06. The average molecular weight is 203 g/mol. The smallest absolute Gasteiger partial charge is 0.500 e. The molecule has 1 nitrogen and oxygen atoms in total. The van der Waals surface area contributed by atoms with Gasteiger partial charge in [0.15, 0.2) is 0 Å². The van der Waals surface area contributed by atoms with Gasteiger partial charge in [-0.3, -0.25) is 0 Å². The minimum Gasteiger partial charge on any atom is -0.500 e. The lowest BCUT2D eigenvalue weighted by Crippen LogP contribution is -2.35. The molecule has 78 valence electrons. The van der Waals surface area contributed by atoms with Crippen LogP contribution >= 0.6 is 0 Å². The molecule has 0 aliphatic carbocycles. The fourth-order valence-corrected chi connectivity index (χ4v) is 1.26. The van der Waals surface area contributed by atoms with Crippen molar-refractivity contribution in [1.29, 1.82) is 0 Å². The van der Waals surface area contributed by atoms with E-state index in [0.29, 0.717) is 12.0 Å². The van der Waals surface area contributed by atoms with Gasteiger partial charge >= 0.3 is 6.98 Å². The van der Waals surface area contributed by atoms with E-state index >= 15 is 0 Å². The number of hydrogen-bond acceptors (Lipinski definition) is 1. The van der Waals surface area contributed by atoms with Crippen molar-refractivity contribution in [3.8, 4) is 5.75 Å². The standard InChI is InChI=1S/C9H11BF3O/c1-3-7-4-5-9(14-2)8(6-7)10(11,12)13/h4-6H,3H2,1-2H3/q-1. The fraction of sp³-hybridized carbons (Fsp3) is 0.333. The van der Waals surface area contributed by atoms with Crippen LogP contribution in [-0.4, -0.2) is 14.1 Å². The SMILES string of the molecule is CCc1ccc(OC)c([B-](F)(F)F)c1. The highest BCUT2D eigenvalue weighted by molar-refractivity contribution is 6.74. The summed E-state index contributed by atoms with van der Waals surface area (Å²) < 4.78 is 42.3. The molecular weight excluding hydrogens is 192 g/mol. The third-order valence-corrected chi connectivity index (χ3v) is 2.06. The van der Waals surface area contributed by atoms with Crippen molar-refractivity contribution in [2.45, 2.75) is 13.3 Å². The summed E-state index contributed by atoms with van der Waals surface area (Å²) in [5.74, 6) is -0.102. The van der Waals surface area contributed by atoms with Gasteiger partial charge in [-0.2, -0.15) is 0 Å². The molecule has 1 rings (SSSR count). The number of methoxy groups -OCH3 is 1. The highest BCUT2D eigenvalue weighted by Crippen LogP contribution is 2.18. The molecule has 0 aliphatic heterocycles. The second kappa shape index (κ2) is 3.94. The first-order valence-electron chi connectivity index (χ1n) is 4.35. The summed E-state index contributed by atoms with van der Waals surface area (Å²) in [5, 5.41) is 0. The Balaban J connectivity index is 3.22. The van der Waals surface area contributed by atoms with Crippen LogP contribution in [0.3, 0.4) is 0 Å². The Hall–Kier alpha value is -1.13. The normalized spacial score (nSPS) is 11.5. The number of hydrogen-bond donors (Lipinski definition) is 0.